The van der Waals surface area contributed by atoms with Crippen LogP contribution in [0.15, 0.2) is 52.5 Å². The molecule has 1 aliphatic heterocycles. The van der Waals surface area contributed by atoms with Gasteiger partial charge in [-0.1, -0.05) is 12.1 Å². The van der Waals surface area contributed by atoms with Gasteiger partial charge in [0.1, 0.15) is 17.3 Å². The number of likely N-dealkylation sites (tertiary alicyclic amines) is 1. The normalized spacial score (nSPS) is 17.8. The number of amides is 1. The third-order valence-corrected chi connectivity index (χ3v) is 5.92. The number of nitrogens with zero attached hydrogens (tertiary/aromatic N) is 2. The Morgan fingerprint density at radius 1 is 1.18 bits per heavy atom. The van der Waals surface area contributed by atoms with Crippen molar-refractivity contribution in [2.24, 2.45) is 0 Å². The molecule has 0 radical (unpaired) electrons. The van der Waals surface area contributed by atoms with Crippen molar-refractivity contribution in [3.05, 3.63) is 63.6 Å². The molecule has 7 nitrogen and oxygen atoms in total. The van der Waals surface area contributed by atoms with Gasteiger partial charge in [0.15, 0.2) is 0 Å². The second kappa shape index (κ2) is 10.4. The number of ether oxygens (including phenoxy) is 2. The maximum Gasteiger partial charge on any atom is 0.295 e. The predicted octanol–water partition coefficient (Wildman–Crippen LogP) is 4.23. The quantitative estimate of drug-likeness (QED) is 0.321. The van der Waals surface area contributed by atoms with Crippen molar-refractivity contribution in [2.75, 3.05) is 34.3 Å². The van der Waals surface area contributed by atoms with Gasteiger partial charge in [-0.2, -0.15) is 0 Å². The Labute approximate surface area is 202 Å². The number of carbonyl (C=O) groups excluding carboxylic acids is 2. The van der Waals surface area contributed by atoms with Crippen LogP contribution >= 0.6 is 15.9 Å². The van der Waals surface area contributed by atoms with Crippen LogP contribution in [-0.4, -0.2) is 67.0 Å². The number of rotatable bonds is 8. The van der Waals surface area contributed by atoms with Gasteiger partial charge in [-0.25, -0.2) is 0 Å². The van der Waals surface area contributed by atoms with E-state index in [0.29, 0.717) is 40.2 Å². The van der Waals surface area contributed by atoms with Crippen molar-refractivity contribution in [3.63, 3.8) is 0 Å². The van der Waals surface area contributed by atoms with E-state index in [9.17, 15) is 14.7 Å². The van der Waals surface area contributed by atoms with E-state index in [1.807, 2.05) is 57.1 Å². The van der Waals surface area contributed by atoms with Gasteiger partial charge < -0.3 is 24.4 Å². The highest BCUT2D eigenvalue weighted by atomic mass is 79.9. The van der Waals surface area contributed by atoms with Crippen molar-refractivity contribution < 1.29 is 24.2 Å². The first-order valence-corrected chi connectivity index (χ1v) is 11.5. The molecule has 176 valence electrons. The molecule has 1 saturated heterocycles. The predicted molar refractivity (Wildman–Crippen MR) is 130 cm³/mol. The highest BCUT2D eigenvalue weighted by Crippen LogP contribution is 2.41. The van der Waals surface area contributed by atoms with Gasteiger partial charge in [-0.3, -0.25) is 9.59 Å². The van der Waals surface area contributed by atoms with E-state index in [1.165, 1.54) is 4.90 Å². The molecule has 1 atom stereocenters. The van der Waals surface area contributed by atoms with E-state index in [1.54, 1.807) is 25.3 Å². The number of halogens is 1. The summed E-state index contributed by atoms with van der Waals surface area (Å²) >= 11 is 3.41. The minimum Gasteiger partial charge on any atom is -0.507 e. The topological polar surface area (TPSA) is 79.3 Å². The summed E-state index contributed by atoms with van der Waals surface area (Å²) in [6.45, 7) is 4.76. The lowest BCUT2D eigenvalue weighted by Gasteiger charge is -2.27. The number of aliphatic hydroxyl groups excluding tert-OH is 1. The highest BCUT2D eigenvalue weighted by Gasteiger charge is 2.46. The van der Waals surface area contributed by atoms with Crippen molar-refractivity contribution in [3.8, 4) is 11.5 Å². The van der Waals surface area contributed by atoms with Gasteiger partial charge in [-0.15, -0.1) is 0 Å². The molecule has 1 fully saturated rings. The lowest BCUT2D eigenvalue weighted by molar-refractivity contribution is -0.140. The van der Waals surface area contributed by atoms with E-state index in [0.717, 1.165) is 0 Å². The van der Waals surface area contributed by atoms with Gasteiger partial charge in [0.25, 0.3) is 11.7 Å². The number of likely N-dealkylation sites (N-methyl/N-ethyl adjacent to an activating group) is 1. The second-order valence-corrected chi connectivity index (χ2v) is 9.24. The smallest absolute Gasteiger partial charge is 0.295 e. The summed E-state index contributed by atoms with van der Waals surface area (Å²) in [5, 5.41) is 11.2. The highest BCUT2D eigenvalue weighted by molar-refractivity contribution is 9.10. The Kier molecular flexibility index (Phi) is 7.81. The van der Waals surface area contributed by atoms with E-state index in [4.69, 9.17) is 9.47 Å². The first kappa shape index (κ1) is 24.8. The molecule has 0 bridgehead atoms. The van der Waals surface area contributed by atoms with Crippen LogP contribution in [0.2, 0.25) is 0 Å². The Morgan fingerprint density at radius 3 is 2.52 bits per heavy atom. The molecule has 2 aromatic carbocycles. The molecule has 0 aromatic heterocycles. The number of ketones is 1. The molecular formula is C25H29BrN2O5. The zero-order valence-electron chi connectivity index (χ0n) is 19.5. The molecule has 33 heavy (non-hydrogen) atoms. The third kappa shape index (κ3) is 5.39. The fourth-order valence-corrected chi connectivity index (χ4v) is 4.30. The monoisotopic (exact) mass is 516 g/mol. The van der Waals surface area contributed by atoms with E-state index >= 15 is 0 Å². The number of hydrogen-bond acceptors (Lipinski definition) is 6. The second-order valence-electron chi connectivity index (χ2n) is 8.38. The van der Waals surface area contributed by atoms with Crippen molar-refractivity contribution in [1.82, 2.24) is 9.80 Å². The summed E-state index contributed by atoms with van der Waals surface area (Å²) in [6, 6.07) is 11.6. The van der Waals surface area contributed by atoms with Crippen molar-refractivity contribution in [2.45, 2.75) is 26.0 Å². The van der Waals surface area contributed by atoms with Crippen LogP contribution in [0.4, 0.5) is 0 Å². The minimum absolute atomic E-state index is 0.0306. The molecule has 0 aliphatic carbocycles. The molecule has 1 aliphatic rings. The summed E-state index contributed by atoms with van der Waals surface area (Å²) in [5.74, 6) is -0.352. The number of Topliss-reactive ketones (excluding diaryl/α,β-unsaturated/α-hetero) is 1. The Hall–Kier alpha value is -2.84. The number of methoxy groups -OCH3 is 1. The first-order valence-electron chi connectivity index (χ1n) is 10.7. The molecule has 3 rings (SSSR count). The third-order valence-electron chi connectivity index (χ3n) is 5.30. The van der Waals surface area contributed by atoms with Gasteiger partial charge in [0.05, 0.1) is 29.3 Å². The summed E-state index contributed by atoms with van der Waals surface area (Å²) in [4.78, 5) is 29.6. The largest absolute Gasteiger partial charge is 0.507 e. The molecule has 2 aromatic rings. The summed E-state index contributed by atoms with van der Waals surface area (Å²) in [6.07, 6.45) is -0.0306. The zero-order valence-corrected chi connectivity index (χ0v) is 21.0. The Morgan fingerprint density at radius 2 is 1.91 bits per heavy atom. The summed E-state index contributed by atoms with van der Waals surface area (Å²) in [7, 11) is 5.34. The standard InChI is InChI=1S/C25H29BrN2O5/c1-15(2)33-18-8-6-7-16(13-18)22-21(24(30)25(31)28(22)12-11-27(3)4)23(29)17-9-10-20(32-5)19(26)14-17/h6-10,13-15,22,29H,11-12H2,1-5H3/b23-21+. The summed E-state index contributed by atoms with van der Waals surface area (Å²) in [5.41, 5.74) is 1.16. The average Bonchev–Trinajstić information content (AvgIpc) is 3.01. The van der Waals surface area contributed by atoms with Crippen LogP contribution in [0.3, 0.4) is 0 Å². The molecule has 1 amide bonds. The number of benzene rings is 2. The van der Waals surface area contributed by atoms with Crippen LogP contribution in [0.25, 0.3) is 5.76 Å². The van der Waals surface area contributed by atoms with Crippen molar-refractivity contribution in [1.29, 1.82) is 0 Å². The van der Waals surface area contributed by atoms with E-state index in [-0.39, 0.29) is 17.4 Å². The lowest BCUT2D eigenvalue weighted by Crippen LogP contribution is -2.35. The maximum absolute atomic E-state index is 13.1. The van der Waals surface area contributed by atoms with Crippen LogP contribution in [0, 0.1) is 0 Å². The Bertz CT molecular complexity index is 1080. The van der Waals surface area contributed by atoms with Crippen LogP contribution in [-0.2, 0) is 9.59 Å². The van der Waals surface area contributed by atoms with Gasteiger partial charge in [-0.05, 0) is 79.8 Å². The fraction of sp³-hybridized carbons (Fsp3) is 0.360. The Balaban J connectivity index is 2.15. The number of carbonyl (C=O) groups is 2. The molecule has 1 heterocycles. The average molecular weight is 517 g/mol. The summed E-state index contributed by atoms with van der Waals surface area (Å²) < 4.78 is 11.7. The molecular weight excluding hydrogens is 488 g/mol. The van der Waals surface area contributed by atoms with E-state index in [2.05, 4.69) is 15.9 Å². The molecule has 1 unspecified atom stereocenters. The van der Waals surface area contributed by atoms with Gasteiger partial charge in [0.2, 0.25) is 0 Å². The SMILES string of the molecule is COc1ccc(/C(O)=C2\C(=O)C(=O)N(CCN(C)C)C2c2cccc(OC(C)C)c2)cc1Br. The van der Waals surface area contributed by atoms with Gasteiger partial charge >= 0.3 is 0 Å². The van der Waals surface area contributed by atoms with Crippen LogP contribution < -0.4 is 9.47 Å². The van der Waals surface area contributed by atoms with Crippen LogP contribution in [0.1, 0.15) is 31.0 Å². The lowest BCUT2D eigenvalue weighted by atomic mass is 9.95. The zero-order chi connectivity index (χ0) is 24.3. The van der Waals surface area contributed by atoms with Crippen molar-refractivity contribution >= 4 is 33.4 Å². The maximum atomic E-state index is 13.1. The van der Waals surface area contributed by atoms with E-state index < -0.39 is 17.7 Å². The molecule has 0 spiro atoms. The minimum atomic E-state index is -0.735. The first-order chi connectivity index (χ1) is 15.6. The molecule has 0 saturated carbocycles. The van der Waals surface area contributed by atoms with Gasteiger partial charge in [0, 0.05) is 18.7 Å². The number of hydrogen-bond donors (Lipinski definition) is 1. The fourth-order valence-electron chi connectivity index (χ4n) is 3.76. The molecule has 1 N–H and O–H groups in total. The van der Waals surface area contributed by atoms with Crippen LogP contribution in [0.5, 0.6) is 11.5 Å². The number of aliphatic hydroxyl groups is 1. The molecule has 8 heteroatoms.